The minimum atomic E-state index is -0.892. The number of rotatable bonds is 7. The van der Waals surface area contributed by atoms with Gasteiger partial charge in [0.2, 0.25) is 5.91 Å². The lowest BCUT2D eigenvalue weighted by atomic mass is 9.80. The predicted molar refractivity (Wildman–Crippen MR) is 89.9 cm³/mol. The Morgan fingerprint density at radius 1 is 1.26 bits per heavy atom. The average molecular weight is 358 g/mol. The van der Waals surface area contributed by atoms with Gasteiger partial charge < -0.3 is 15.2 Å². The van der Waals surface area contributed by atoms with Crippen LogP contribution in [0.25, 0.3) is 0 Å². The molecule has 2 rings (SSSR count). The zero-order valence-electron chi connectivity index (χ0n) is 12.7. The smallest absolute Gasteiger partial charge is 0.311 e. The van der Waals surface area contributed by atoms with Crippen molar-refractivity contribution in [2.24, 2.45) is 5.41 Å². The molecular weight excluding hydrogens is 338 g/mol. The number of thioether (sulfide) groups is 1. The largest absolute Gasteiger partial charge is 0.481 e. The van der Waals surface area contributed by atoms with Crippen molar-refractivity contribution in [3.05, 3.63) is 29.3 Å². The van der Waals surface area contributed by atoms with E-state index in [0.29, 0.717) is 43.3 Å². The molecule has 1 amide bonds. The van der Waals surface area contributed by atoms with Crippen LogP contribution in [0.3, 0.4) is 0 Å². The number of carboxylic acid groups (broad SMARTS) is 1. The summed E-state index contributed by atoms with van der Waals surface area (Å²) in [5.41, 5.74) is -0.892. The summed E-state index contributed by atoms with van der Waals surface area (Å²) in [4.78, 5) is 24.5. The molecule has 0 aromatic heterocycles. The molecule has 0 atom stereocenters. The lowest BCUT2D eigenvalue weighted by Crippen LogP contribution is -2.46. The number of nitrogens with one attached hydrogen (secondary N) is 1. The molecular formula is C16H20ClNO4S. The van der Waals surface area contributed by atoms with Crippen LogP contribution in [0.2, 0.25) is 5.02 Å². The van der Waals surface area contributed by atoms with Crippen LogP contribution >= 0.6 is 23.4 Å². The quantitative estimate of drug-likeness (QED) is 0.734. The summed E-state index contributed by atoms with van der Waals surface area (Å²) >= 11 is 7.39. The highest BCUT2D eigenvalue weighted by Crippen LogP contribution is 2.30. The Kier molecular flexibility index (Phi) is 6.74. The predicted octanol–water partition coefficient (Wildman–Crippen LogP) is 2.82. The fraction of sp³-hybridized carbons (Fsp3) is 0.500. The maximum absolute atomic E-state index is 11.9. The highest BCUT2D eigenvalue weighted by atomic mass is 35.5. The number of carboxylic acids is 1. The van der Waals surface area contributed by atoms with Gasteiger partial charge in [-0.15, -0.1) is 11.8 Å². The molecule has 0 aliphatic carbocycles. The van der Waals surface area contributed by atoms with E-state index >= 15 is 0 Å². The molecule has 1 fully saturated rings. The third-order valence-corrected chi connectivity index (χ3v) is 5.20. The van der Waals surface area contributed by atoms with E-state index in [9.17, 15) is 14.7 Å². The maximum Gasteiger partial charge on any atom is 0.311 e. The number of ether oxygens (including phenoxy) is 1. The van der Waals surface area contributed by atoms with Crippen LogP contribution in [0.1, 0.15) is 19.3 Å². The highest BCUT2D eigenvalue weighted by molar-refractivity contribution is 7.99. The summed E-state index contributed by atoms with van der Waals surface area (Å²) in [6, 6.07) is 7.44. The number of benzene rings is 1. The molecule has 1 saturated heterocycles. The summed E-state index contributed by atoms with van der Waals surface area (Å²) in [7, 11) is 0. The van der Waals surface area contributed by atoms with E-state index in [1.165, 1.54) is 0 Å². The second kappa shape index (κ2) is 8.57. The van der Waals surface area contributed by atoms with Crippen LogP contribution in [-0.2, 0) is 14.3 Å². The number of hydrogen-bond donors (Lipinski definition) is 2. The molecule has 0 radical (unpaired) electrons. The standard InChI is InChI=1S/C16H20ClNO4S/c17-12-1-3-13(4-2-12)23-10-5-14(19)18-11-16(15(20)21)6-8-22-9-7-16/h1-4H,5-11H2,(H,18,19)(H,20,21). The van der Waals surface area contributed by atoms with E-state index in [1.54, 1.807) is 11.8 Å². The molecule has 5 nitrogen and oxygen atoms in total. The third kappa shape index (κ3) is 5.41. The van der Waals surface area contributed by atoms with E-state index in [4.69, 9.17) is 16.3 Å². The molecule has 0 saturated carbocycles. The van der Waals surface area contributed by atoms with Crippen molar-refractivity contribution >= 4 is 35.2 Å². The fourth-order valence-corrected chi connectivity index (χ4v) is 3.35. The van der Waals surface area contributed by atoms with Gasteiger partial charge in [0.25, 0.3) is 0 Å². The summed E-state index contributed by atoms with van der Waals surface area (Å²) < 4.78 is 5.22. The Morgan fingerprint density at radius 3 is 2.52 bits per heavy atom. The van der Waals surface area contributed by atoms with Gasteiger partial charge in [-0.05, 0) is 37.1 Å². The molecule has 0 unspecified atom stereocenters. The van der Waals surface area contributed by atoms with Crippen LogP contribution in [0.5, 0.6) is 0 Å². The average Bonchev–Trinajstić information content (AvgIpc) is 2.55. The minimum Gasteiger partial charge on any atom is -0.481 e. The third-order valence-electron chi connectivity index (χ3n) is 3.94. The lowest BCUT2D eigenvalue weighted by Gasteiger charge is -2.33. The van der Waals surface area contributed by atoms with E-state index in [0.717, 1.165) is 4.90 Å². The summed E-state index contributed by atoms with van der Waals surface area (Å²) in [5.74, 6) is -0.355. The highest BCUT2D eigenvalue weighted by Gasteiger charge is 2.40. The molecule has 1 aromatic rings. The van der Waals surface area contributed by atoms with Crippen LogP contribution in [0, 0.1) is 5.41 Å². The van der Waals surface area contributed by atoms with Crippen molar-refractivity contribution in [1.82, 2.24) is 5.32 Å². The molecule has 1 aliphatic rings. The molecule has 2 N–H and O–H groups in total. The molecule has 0 spiro atoms. The van der Waals surface area contributed by atoms with Crippen molar-refractivity contribution in [3.63, 3.8) is 0 Å². The summed E-state index contributed by atoms with van der Waals surface area (Å²) in [6.07, 6.45) is 1.21. The van der Waals surface area contributed by atoms with Gasteiger partial charge in [-0.2, -0.15) is 0 Å². The van der Waals surface area contributed by atoms with Gasteiger partial charge in [-0.3, -0.25) is 9.59 Å². The Morgan fingerprint density at radius 2 is 1.91 bits per heavy atom. The Bertz CT molecular complexity index is 544. The van der Waals surface area contributed by atoms with Crippen LogP contribution in [0.15, 0.2) is 29.2 Å². The van der Waals surface area contributed by atoms with Crippen molar-refractivity contribution in [2.75, 3.05) is 25.5 Å². The Labute approximate surface area is 144 Å². The number of hydrogen-bond acceptors (Lipinski definition) is 4. The number of carbonyl (C=O) groups is 2. The number of amides is 1. The van der Waals surface area contributed by atoms with Crippen molar-refractivity contribution in [3.8, 4) is 0 Å². The van der Waals surface area contributed by atoms with Gasteiger partial charge in [0, 0.05) is 41.9 Å². The number of halogens is 1. The summed E-state index contributed by atoms with van der Waals surface area (Å²) in [5, 5.41) is 12.9. The van der Waals surface area contributed by atoms with Crippen molar-refractivity contribution in [1.29, 1.82) is 0 Å². The Hall–Kier alpha value is -1.24. The van der Waals surface area contributed by atoms with Gasteiger partial charge in [0.05, 0.1) is 5.41 Å². The summed E-state index contributed by atoms with van der Waals surface area (Å²) in [6.45, 7) is 1.01. The normalized spacial score (nSPS) is 16.7. The molecule has 126 valence electrons. The first-order valence-corrected chi connectivity index (χ1v) is 8.84. The van der Waals surface area contributed by atoms with Crippen LogP contribution in [-0.4, -0.2) is 42.5 Å². The van der Waals surface area contributed by atoms with Gasteiger partial charge in [-0.25, -0.2) is 0 Å². The SMILES string of the molecule is O=C(CCSc1ccc(Cl)cc1)NCC1(C(=O)O)CCOCC1. The molecule has 1 aromatic carbocycles. The monoisotopic (exact) mass is 357 g/mol. The van der Waals surface area contributed by atoms with Crippen LogP contribution in [0.4, 0.5) is 0 Å². The van der Waals surface area contributed by atoms with E-state index in [2.05, 4.69) is 5.32 Å². The first-order valence-electron chi connectivity index (χ1n) is 7.48. The molecule has 0 bridgehead atoms. The fourth-order valence-electron chi connectivity index (χ4n) is 2.38. The maximum atomic E-state index is 11.9. The minimum absolute atomic E-state index is 0.126. The number of carbonyl (C=O) groups excluding carboxylic acids is 1. The molecule has 1 aliphatic heterocycles. The van der Waals surface area contributed by atoms with Crippen molar-refractivity contribution < 1.29 is 19.4 Å². The molecule has 23 heavy (non-hydrogen) atoms. The topological polar surface area (TPSA) is 75.6 Å². The number of aliphatic carboxylic acids is 1. The van der Waals surface area contributed by atoms with E-state index in [-0.39, 0.29) is 12.5 Å². The zero-order chi connectivity index (χ0) is 16.7. The van der Waals surface area contributed by atoms with Gasteiger partial charge in [0.15, 0.2) is 0 Å². The van der Waals surface area contributed by atoms with Gasteiger partial charge >= 0.3 is 5.97 Å². The Balaban J connectivity index is 1.73. The van der Waals surface area contributed by atoms with Gasteiger partial charge in [0.1, 0.15) is 0 Å². The second-order valence-electron chi connectivity index (χ2n) is 5.53. The van der Waals surface area contributed by atoms with E-state index < -0.39 is 11.4 Å². The van der Waals surface area contributed by atoms with Crippen LogP contribution < -0.4 is 5.32 Å². The zero-order valence-corrected chi connectivity index (χ0v) is 14.3. The first kappa shape index (κ1) is 18.1. The van der Waals surface area contributed by atoms with Crippen molar-refractivity contribution in [2.45, 2.75) is 24.2 Å². The molecule has 7 heteroatoms. The molecule has 1 heterocycles. The van der Waals surface area contributed by atoms with E-state index in [1.807, 2.05) is 24.3 Å². The van der Waals surface area contributed by atoms with Gasteiger partial charge in [-0.1, -0.05) is 11.6 Å². The second-order valence-corrected chi connectivity index (χ2v) is 7.13. The first-order chi connectivity index (χ1) is 11.0. The lowest BCUT2D eigenvalue weighted by molar-refractivity contribution is -0.154.